The molecule has 1 aromatic rings. The van der Waals surface area contributed by atoms with Gasteiger partial charge in [-0.3, -0.25) is 4.79 Å². The molecule has 0 aliphatic heterocycles. The van der Waals surface area contributed by atoms with Gasteiger partial charge in [0, 0.05) is 17.0 Å². The van der Waals surface area contributed by atoms with Crippen LogP contribution in [0.15, 0.2) is 24.3 Å². The molecule has 0 amide bonds. The van der Waals surface area contributed by atoms with Crippen molar-refractivity contribution in [2.75, 3.05) is 5.88 Å². The van der Waals surface area contributed by atoms with Crippen molar-refractivity contribution in [2.45, 2.75) is 6.42 Å². The van der Waals surface area contributed by atoms with E-state index in [1.807, 2.05) is 0 Å². The van der Waals surface area contributed by atoms with E-state index in [1.54, 1.807) is 18.2 Å². The minimum Gasteiger partial charge on any atom is -0.298 e. The predicted molar refractivity (Wildman–Crippen MR) is 56.2 cm³/mol. The summed E-state index contributed by atoms with van der Waals surface area (Å²) in [5.74, 6) is 0.0990. The van der Waals surface area contributed by atoms with Gasteiger partial charge in [-0.1, -0.05) is 24.3 Å². The van der Waals surface area contributed by atoms with Gasteiger partial charge in [-0.2, -0.15) is 0 Å². The molecule has 0 spiro atoms. The number of carbonyl (C=O) groups excluding carboxylic acids is 1. The maximum absolute atomic E-state index is 13.2. The molecule has 3 heteroatoms. The molecule has 0 radical (unpaired) electrons. The number of carbonyl (C=O) groups is 1. The zero-order chi connectivity index (χ0) is 10.4. The molecular weight excluding hydrogens is 203 g/mol. The highest BCUT2D eigenvalue weighted by Crippen LogP contribution is 2.14. The molecule has 0 heterocycles. The van der Waals surface area contributed by atoms with Crippen molar-refractivity contribution in [3.05, 3.63) is 41.2 Å². The second-order valence-corrected chi connectivity index (χ2v) is 3.12. The Morgan fingerprint density at radius 2 is 2.21 bits per heavy atom. The molecule has 0 unspecified atom stereocenters. The van der Waals surface area contributed by atoms with Gasteiger partial charge >= 0.3 is 0 Å². The van der Waals surface area contributed by atoms with E-state index in [0.717, 1.165) is 0 Å². The summed E-state index contributed by atoms with van der Waals surface area (Å²) in [7, 11) is 0. The van der Waals surface area contributed by atoms with Crippen molar-refractivity contribution < 1.29 is 9.18 Å². The highest BCUT2D eigenvalue weighted by Gasteiger charge is 2.03. The Bertz CT molecular complexity index is 347. The van der Waals surface area contributed by atoms with Gasteiger partial charge in [0.1, 0.15) is 5.82 Å². The van der Waals surface area contributed by atoms with E-state index < -0.39 is 0 Å². The largest absolute Gasteiger partial charge is 0.298 e. The second kappa shape index (κ2) is 5.55. The van der Waals surface area contributed by atoms with Crippen LogP contribution in [0.5, 0.6) is 0 Å². The van der Waals surface area contributed by atoms with Crippen molar-refractivity contribution in [2.24, 2.45) is 0 Å². The summed E-state index contributed by atoms with van der Waals surface area (Å²) in [6.45, 7) is 0. The predicted octanol–water partition coefficient (Wildman–Crippen LogP) is 3.28. The summed E-state index contributed by atoms with van der Waals surface area (Å²) in [5, 5.41) is 0. The van der Waals surface area contributed by atoms with Crippen LogP contribution < -0.4 is 0 Å². The summed E-state index contributed by atoms with van der Waals surface area (Å²) >= 11 is 5.47. The van der Waals surface area contributed by atoms with Crippen LogP contribution in [-0.4, -0.2) is 12.2 Å². The molecule has 0 fully saturated rings. The Morgan fingerprint density at radius 1 is 1.43 bits per heavy atom. The first-order chi connectivity index (χ1) is 6.79. The highest BCUT2D eigenvalue weighted by atomic mass is 35.5. The molecule has 1 rings (SSSR count). The molecule has 0 aromatic heterocycles. The molecular formula is C11H10ClFO. The SMILES string of the molecule is O=Cc1cccc(F)c1C=CCCCl. The van der Waals surface area contributed by atoms with E-state index in [2.05, 4.69) is 0 Å². The molecule has 1 nitrogen and oxygen atoms in total. The molecule has 14 heavy (non-hydrogen) atoms. The van der Waals surface area contributed by atoms with Gasteiger partial charge in [0.15, 0.2) is 6.29 Å². The van der Waals surface area contributed by atoms with Crippen LogP contribution in [-0.2, 0) is 0 Å². The normalized spacial score (nSPS) is 10.7. The first kappa shape index (κ1) is 10.9. The number of aldehydes is 1. The summed E-state index contributed by atoms with van der Waals surface area (Å²) in [4.78, 5) is 10.6. The Kier molecular flexibility index (Phi) is 4.33. The topological polar surface area (TPSA) is 17.1 Å². The van der Waals surface area contributed by atoms with Crippen LogP contribution in [0.25, 0.3) is 6.08 Å². The van der Waals surface area contributed by atoms with Gasteiger partial charge in [-0.05, 0) is 12.5 Å². The lowest BCUT2D eigenvalue weighted by Crippen LogP contribution is -1.90. The first-order valence-electron chi connectivity index (χ1n) is 4.25. The quantitative estimate of drug-likeness (QED) is 0.553. The Hall–Kier alpha value is -1.15. The van der Waals surface area contributed by atoms with Gasteiger partial charge in [-0.15, -0.1) is 11.6 Å². The Balaban J connectivity index is 2.98. The number of benzene rings is 1. The number of hydrogen-bond acceptors (Lipinski definition) is 1. The van der Waals surface area contributed by atoms with E-state index in [-0.39, 0.29) is 5.82 Å². The number of halogens is 2. The number of alkyl halides is 1. The lowest BCUT2D eigenvalue weighted by atomic mass is 10.1. The summed E-state index contributed by atoms with van der Waals surface area (Å²) < 4.78 is 13.2. The standard InChI is InChI=1S/C11H10ClFO/c12-7-2-1-5-10-9(8-14)4-3-6-11(10)13/h1,3-6,8H,2,7H2. The summed E-state index contributed by atoms with van der Waals surface area (Å²) in [5.41, 5.74) is 0.684. The van der Waals surface area contributed by atoms with Crippen LogP contribution in [0.2, 0.25) is 0 Å². The van der Waals surface area contributed by atoms with Crippen LogP contribution in [0.4, 0.5) is 4.39 Å². The van der Waals surface area contributed by atoms with Crippen molar-refractivity contribution in [3.63, 3.8) is 0 Å². The Labute approximate surface area is 87.2 Å². The fraction of sp³-hybridized carbons (Fsp3) is 0.182. The summed E-state index contributed by atoms with van der Waals surface area (Å²) in [6.07, 6.45) is 4.64. The zero-order valence-corrected chi connectivity index (χ0v) is 8.30. The smallest absolute Gasteiger partial charge is 0.150 e. The van der Waals surface area contributed by atoms with E-state index in [1.165, 1.54) is 12.1 Å². The molecule has 74 valence electrons. The van der Waals surface area contributed by atoms with Crippen molar-refractivity contribution in [1.82, 2.24) is 0 Å². The Morgan fingerprint density at radius 3 is 2.86 bits per heavy atom. The minimum atomic E-state index is -0.388. The van der Waals surface area contributed by atoms with Crippen molar-refractivity contribution >= 4 is 24.0 Å². The second-order valence-electron chi connectivity index (χ2n) is 2.74. The van der Waals surface area contributed by atoms with Gasteiger partial charge in [0.2, 0.25) is 0 Å². The molecule has 0 saturated heterocycles. The van der Waals surface area contributed by atoms with Gasteiger partial charge in [0.05, 0.1) is 0 Å². The first-order valence-corrected chi connectivity index (χ1v) is 4.79. The van der Waals surface area contributed by atoms with E-state index in [4.69, 9.17) is 11.6 Å². The summed E-state index contributed by atoms with van der Waals surface area (Å²) in [6, 6.07) is 4.42. The van der Waals surface area contributed by atoms with E-state index >= 15 is 0 Å². The lowest BCUT2D eigenvalue weighted by molar-refractivity contribution is 0.112. The van der Waals surface area contributed by atoms with Crippen molar-refractivity contribution in [3.8, 4) is 0 Å². The maximum Gasteiger partial charge on any atom is 0.150 e. The monoisotopic (exact) mass is 212 g/mol. The zero-order valence-electron chi connectivity index (χ0n) is 7.54. The number of hydrogen-bond donors (Lipinski definition) is 0. The molecule has 1 aromatic carbocycles. The van der Waals surface area contributed by atoms with Gasteiger partial charge < -0.3 is 0 Å². The number of rotatable bonds is 4. The highest BCUT2D eigenvalue weighted by molar-refractivity contribution is 6.17. The fourth-order valence-electron chi connectivity index (χ4n) is 1.10. The molecule has 0 aliphatic carbocycles. The molecule has 0 N–H and O–H groups in total. The van der Waals surface area contributed by atoms with E-state index in [0.29, 0.717) is 29.7 Å². The van der Waals surface area contributed by atoms with Crippen LogP contribution in [0, 0.1) is 5.82 Å². The van der Waals surface area contributed by atoms with E-state index in [9.17, 15) is 9.18 Å². The van der Waals surface area contributed by atoms with Crippen molar-refractivity contribution in [1.29, 1.82) is 0 Å². The molecule has 0 aliphatic rings. The maximum atomic E-state index is 13.2. The average molecular weight is 213 g/mol. The lowest BCUT2D eigenvalue weighted by Gasteiger charge is -1.99. The minimum absolute atomic E-state index is 0.326. The molecule has 0 saturated carbocycles. The third-order valence-electron chi connectivity index (χ3n) is 1.77. The van der Waals surface area contributed by atoms with Crippen LogP contribution in [0.1, 0.15) is 22.3 Å². The van der Waals surface area contributed by atoms with Gasteiger partial charge in [-0.25, -0.2) is 4.39 Å². The van der Waals surface area contributed by atoms with Gasteiger partial charge in [0.25, 0.3) is 0 Å². The third-order valence-corrected chi connectivity index (χ3v) is 1.99. The third kappa shape index (κ3) is 2.67. The van der Waals surface area contributed by atoms with Crippen LogP contribution in [0.3, 0.4) is 0 Å². The fourth-order valence-corrected chi connectivity index (χ4v) is 1.22. The molecule has 0 bridgehead atoms. The molecule has 0 atom stereocenters. The number of allylic oxidation sites excluding steroid dienone is 1. The average Bonchev–Trinajstić information content (AvgIpc) is 2.20. The van der Waals surface area contributed by atoms with Crippen LogP contribution >= 0.6 is 11.6 Å².